The number of amides is 1. The first-order valence-electron chi connectivity index (χ1n) is 8.05. The molecule has 25 heavy (non-hydrogen) atoms. The summed E-state index contributed by atoms with van der Waals surface area (Å²) in [6.45, 7) is 2.48. The Bertz CT molecular complexity index is 769. The average Bonchev–Trinajstić information content (AvgIpc) is 3.39. The van der Waals surface area contributed by atoms with Crippen molar-refractivity contribution >= 4 is 34.1 Å². The molecular weight excluding hydrogens is 354 g/mol. The minimum Gasteiger partial charge on any atom is -0.356 e. The number of nitrogens with one attached hydrogen (secondary N) is 2. The van der Waals surface area contributed by atoms with Gasteiger partial charge in [-0.2, -0.15) is 5.26 Å². The van der Waals surface area contributed by atoms with Crippen LogP contribution in [0.4, 0.5) is 5.13 Å². The average molecular weight is 374 g/mol. The van der Waals surface area contributed by atoms with Crippen LogP contribution in [0.3, 0.4) is 0 Å². The number of hydrogen-bond acceptors (Lipinski definition) is 7. The molecule has 0 saturated heterocycles. The maximum atomic E-state index is 12.1. The first kappa shape index (κ1) is 17.7. The summed E-state index contributed by atoms with van der Waals surface area (Å²) in [5, 5.41) is 24.3. The highest BCUT2D eigenvalue weighted by molar-refractivity contribution is 8.01. The van der Waals surface area contributed by atoms with Crippen LogP contribution in [0.25, 0.3) is 0 Å². The standard InChI is InChI=1S/C17H19N5OS2/c1-17(11-18,13-7-8-13)20-14(23)10-24-16-22-21-15(25-16)19-9-12-5-3-2-4-6-12/h2-6,13H,7-10H2,1H3,(H,19,21)(H,20,23)/t17-/m0/s1. The Balaban J connectivity index is 1.45. The van der Waals surface area contributed by atoms with Crippen molar-refractivity contribution in [3.63, 3.8) is 0 Å². The summed E-state index contributed by atoms with van der Waals surface area (Å²) in [5.74, 6) is 0.369. The molecule has 0 spiro atoms. The number of nitrogens with zero attached hydrogens (tertiary/aromatic N) is 3. The van der Waals surface area contributed by atoms with Crippen molar-refractivity contribution in [2.24, 2.45) is 5.92 Å². The second-order valence-electron chi connectivity index (χ2n) is 6.14. The Morgan fingerprint density at radius 2 is 2.16 bits per heavy atom. The van der Waals surface area contributed by atoms with Crippen LogP contribution < -0.4 is 10.6 Å². The number of carbonyl (C=O) groups excluding carboxylic acids is 1. The lowest BCUT2D eigenvalue weighted by Gasteiger charge is -2.22. The molecule has 1 saturated carbocycles. The number of anilines is 1. The second-order valence-corrected chi connectivity index (χ2v) is 8.34. The maximum Gasteiger partial charge on any atom is 0.231 e. The largest absolute Gasteiger partial charge is 0.356 e. The predicted octanol–water partition coefficient (Wildman–Crippen LogP) is 3.05. The maximum absolute atomic E-state index is 12.1. The number of thioether (sulfide) groups is 1. The van der Waals surface area contributed by atoms with Gasteiger partial charge in [-0.1, -0.05) is 53.4 Å². The SMILES string of the molecule is C[C@@](C#N)(NC(=O)CSc1nnc(NCc2ccccc2)s1)C1CC1. The molecule has 1 aliphatic rings. The fraction of sp³-hybridized carbons (Fsp3) is 0.412. The van der Waals surface area contributed by atoms with Gasteiger partial charge >= 0.3 is 0 Å². The summed E-state index contributed by atoms with van der Waals surface area (Å²) >= 11 is 2.76. The number of rotatable bonds is 8. The van der Waals surface area contributed by atoms with Crippen LogP contribution in [0, 0.1) is 17.2 Å². The third kappa shape index (κ3) is 4.94. The van der Waals surface area contributed by atoms with Gasteiger partial charge in [-0.25, -0.2) is 0 Å². The van der Waals surface area contributed by atoms with E-state index in [0.29, 0.717) is 6.54 Å². The molecule has 2 aromatic rings. The fourth-order valence-electron chi connectivity index (χ4n) is 2.45. The number of carbonyl (C=O) groups is 1. The summed E-state index contributed by atoms with van der Waals surface area (Å²) in [4.78, 5) is 12.1. The summed E-state index contributed by atoms with van der Waals surface area (Å²) in [5.41, 5.74) is 0.420. The van der Waals surface area contributed by atoms with Gasteiger partial charge in [-0.15, -0.1) is 10.2 Å². The molecule has 3 rings (SSSR count). The van der Waals surface area contributed by atoms with Gasteiger partial charge in [0.15, 0.2) is 4.34 Å². The Labute approximate surface area is 155 Å². The molecule has 1 amide bonds. The van der Waals surface area contributed by atoms with Crippen molar-refractivity contribution < 1.29 is 4.79 Å². The molecule has 2 N–H and O–H groups in total. The highest BCUT2D eigenvalue weighted by atomic mass is 32.2. The van der Waals surface area contributed by atoms with Gasteiger partial charge in [0.2, 0.25) is 11.0 Å². The molecule has 1 atom stereocenters. The minimum atomic E-state index is -0.749. The van der Waals surface area contributed by atoms with E-state index < -0.39 is 5.54 Å². The fourth-order valence-corrected chi connectivity index (χ4v) is 4.00. The molecule has 1 fully saturated rings. The van der Waals surface area contributed by atoms with Crippen LogP contribution in [-0.4, -0.2) is 27.4 Å². The van der Waals surface area contributed by atoms with Gasteiger partial charge in [0, 0.05) is 6.54 Å². The Morgan fingerprint density at radius 1 is 1.40 bits per heavy atom. The molecule has 130 valence electrons. The lowest BCUT2D eigenvalue weighted by Crippen LogP contribution is -2.47. The Hall–Kier alpha value is -2.11. The van der Waals surface area contributed by atoms with Crippen molar-refractivity contribution in [2.75, 3.05) is 11.1 Å². The molecule has 0 radical (unpaired) electrons. The number of nitriles is 1. The zero-order valence-electron chi connectivity index (χ0n) is 13.9. The first-order chi connectivity index (χ1) is 12.1. The quantitative estimate of drug-likeness (QED) is 0.691. The van der Waals surface area contributed by atoms with E-state index in [1.165, 1.54) is 28.7 Å². The third-order valence-electron chi connectivity index (χ3n) is 4.04. The monoisotopic (exact) mass is 373 g/mol. The molecule has 6 nitrogen and oxygen atoms in total. The molecule has 1 heterocycles. The topological polar surface area (TPSA) is 90.7 Å². The van der Waals surface area contributed by atoms with E-state index in [9.17, 15) is 10.1 Å². The molecule has 8 heteroatoms. The highest BCUT2D eigenvalue weighted by Gasteiger charge is 2.42. The summed E-state index contributed by atoms with van der Waals surface area (Å²) < 4.78 is 0.732. The van der Waals surface area contributed by atoms with Crippen LogP contribution >= 0.6 is 23.1 Å². The molecule has 0 aliphatic heterocycles. The zero-order valence-corrected chi connectivity index (χ0v) is 15.5. The van der Waals surface area contributed by atoms with Crippen LogP contribution in [0.15, 0.2) is 34.7 Å². The van der Waals surface area contributed by atoms with Crippen LogP contribution in [0.2, 0.25) is 0 Å². The lowest BCUT2D eigenvalue weighted by atomic mass is 9.98. The van der Waals surface area contributed by atoms with Crippen molar-refractivity contribution in [3.05, 3.63) is 35.9 Å². The van der Waals surface area contributed by atoms with E-state index in [1.54, 1.807) is 6.92 Å². The minimum absolute atomic E-state index is 0.144. The Kier molecular flexibility index (Phi) is 5.56. The van der Waals surface area contributed by atoms with Gasteiger partial charge in [-0.3, -0.25) is 4.79 Å². The van der Waals surface area contributed by atoms with E-state index in [-0.39, 0.29) is 17.6 Å². The summed E-state index contributed by atoms with van der Waals surface area (Å²) in [6, 6.07) is 12.3. The lowest BCUT2D eigenvalue weighted by molar-refractivity contribution is -0.119. The van der Waals surface area contributed by atoms with Crippen LogP contribution in [0.5, 0.6) is 0 Å². The van der Waals surface area contributed by atoms with E-state index in [0.717, 1.165) is 22.3 Å². The molecule has 0 unspecified atom stereocenters. The first-order valence-corrected chi connectivity index (χ1v) is 9.85. The third-order valence-corrected chi connectivity index (χ3v) is 6.06. The van der Waals surface area contributed by atoms with Crippen molar-refractivity contribution in [1.82, 2.24) is 15.5 Å². The molecular formula is C17H19N5OS2. The van der Waals surface area contributed by atoms with Crippen LogP contribution in [-0.2, 0) is 11.3 Å². The van der Waals surface area contributed by atoms with Crippen molar-refractivity contribution in [1.29, 1.82) is 5.26 Å². The van der Waals surface area contributed by atoms with Gasteiger partial charge in [-0.05, 0) is 31.2 Å². The van der Waals surface area contributed by atoms with Crippen molar-refractivity contribution in [3.8, 4) is 6.07 Å². The van der Waals surface area contributed by atoms with Crippen LogP contribution in [0.1, 0.15) is 25.3 Å². The van der Waals surface area contributed by atoms with E-state index in [1.807, 2.05) is 30.3 Å². The zero-order chi connectivity index (χ0) is 17.7. The summed E-state index contributed by atoms with van der Waals surface area (Å²) in [7, 11) is 0. The van der Waals surface area contributed by atoms with E-state index in [4.69, 9.17) is 0 Å². The molecule has 1 aliphatic carbocycles. The van der Waals surface area contributed by atoms with Gasteiger partial charge in [0.05, 0.1) is 11.8 Å². The summed E-state index contributed by atoms with van der Waals surface area (Å²) in [6.07, 6.45) is 2.01. The Morgan fingerprint density at radius 3 is 2.84 bits per heavy atom. The van der Waals surface area contributed by atoms with E-state index >= 15 is 0 Å². The highest BCUT2D eigenvalue weighted by Crippen LogP contribution is 2.39. The normalized spacial score (nSPS) is 15.8. The number of aromatic nitrogens is 2. The van der Waals surface area contributed by atoms with Crippen molar-refractivity contribution in [2.45, 2.75) is 36.2 Å². The number of hydrogen-bond donors (Lipinski definition) is 2. The van der Waals surface area contributed by atoms with Gasteiger partial charge < -0.3 is 10.6 Å². The smallest absolute Gasteiger partial charge is 0.231 e. The van der Waals surface area contributed by atoms with E-state index in [2.05, 4.69) is 26.9 Å². The molecule has 0 bridgehead atoms. The molecule has 1 aromatic carbocycles. The van der Waals surface area contributed by atoms with Gasteiger partial charge in [0.25, 0.3) is 0 Å². The molecule has 1 aromatic heterocycles. The second kappa shape index (κ2) is 7.85. The number of benzene rings is 1. The van der Waals surface area contributed by atoms with Gasteiger partial charge in [0.1, 0.15) is 5.54 Å². The predicted molar refractivity (Wildman–Crippen MR) is 99.3 cm³/mol.